The molecule has 0 radical (unpaired) electrons. The van der Waals surface area contributed by atoms with E-state index < -0.39 is 0 Å². The van der Waals surface area contributed by atoms with Crippen molar-refractivity contribution in [3.63, 3.8) is 0 Å². The van der Waals surface area contributed by atoms with Crippen LogP contribution in [0.3, 0.4) is 0 Å². The number of hydrogen-bond donors (Lipinski definition) is 2. The normalized spacial score (nSPS) is 18.3. The first-order chi connectivity index (χ1) is 15.3. The maximum absolute atomic E-state index is 6.03. The Bertz CT molecular complexity index is 1040. The minimum absolute atomic E-state index is 0.325. The predicted octanol–water partition coefficient (Wildman–Crippen LogP) is 4.46. The van der Waals surface area contributed by atoms with Crippen molar-refractivity contribution in [3.05, 3.63) is 48.0 Å². The van der Waals surface area contributed by atoms with E-state index in [-0.39, 0.29) is 0 Å². The first kappa shape index (κ1) is 20.2. The molecule has 1 saturated heterocycles. The molecule has 1 aromatic heterocycles. The second kappa shape index (κ2) is 9.20. The van der Waals surface area contributed by atoms with E-state index >= 15 is 0 Å². The van der Waals surface area contributed by atoms with E-state index in [0.29, 0.717) is 12.0 Å². The van der Waals surface area contributed by atoms with E-state index in [1.165, 1.54) is 48.8 Å². The summed E-state index contributed by atoms with van der Waals surface area (Å²) in [5.41, 5.74) is 10.7. The average Bonchev–Trinajstić information content (AvgIpc) is 2.81. The minimum Gasteiger partial charge on any atom is -0.379 e. The summed E-state index contributed by atoms with van der Waals surface area (Å²) in [6, 6.07) is 15.6. The minimum atomic E-state index is 0.325. The average molecular weight is 418 g/mol. The van der Waals surface area contributed by atoms with Crippen molar-refractivity contribution in [1.29, 1.82) is 0 Å². The van der Waals surface area contributed by atoms with Crippen molar-refractivity contribution in [1.82, 2.24) is 14.9 Å². The van der Waals surface area contributed by atoms with Crippen LogP contribution in [-0.4, -0.2) is 47.2 Å². The summed E-state index contributed by atoms with van der Waals surface area (Å²) in [7, 11) is 0. The van der Waals surface area contributed by atoms with Gasteiger partial charge in [-0.1, -0.05) is 49.6 Å². The number of rotatable bonds is 5. The summed E-state index contributed by atoms with van der Waals surface area (Å²) in [4.78, 5) is 11.5. The van der Waals surface area contributed by atoms with Gasteiger partial charge >= 0.3 is 0 Å². The van der Waals surface area contributed by atoms with Crippen LogP contribution in [0.15, 0.2) is 42.5 Å². The summed E-state index contributed by atoms with van der Waals surface area (Å²) in [6.45, 7) is 4.52. The van der Waals surface area contributed by atoms with Crippen molar-refractivity contribution in [2.75, 3.05) is 37.4 Å². The Morgan fingerprint density at radius 1 is 1.00 bits per heavy atom. The highest BCUT2D eigenvalue weighted by molar-refractivity contribution is 5.93. The lowest BCUT2D eigenvalue weighted by molar-refractivity contribution is 0.0342. The molecule has 6 nitrogen and oxygen atoms in total. The van der Waals surface area contributed by atoms with Crippen LogP contribution in [0.4, 0.5) is 11.8 Å². The molecule has 2 heterocycles. The highest BCUT2D eigenvalue weighted by Gasteiger charge is 2.17. The molecular weight excluding hydrogens is 386 g/mol. The lowest BCUT2D eigenvalue weighted by Gasteiger charge is -2.27. The first-order valence-corrected chi connectivity index (χ1v) is 11.5. The third kappa shape index (κ3) is 4.65. The Morgan fingerprint density at radius 3 is 2.65 bits per heavy atom. The van der Waals surface area contributed by atoms with Gasteiger partial charge in [-0.05, 0) is 41.7 Å². The number of ether oxygens (including phenoxy) is 1. The molecule has 6 heteroatoms. The number of nitrogens with one attached hydrogen (secondary N) is 1. The molecule has 1 aliphatic heterocycles. The number of nitrogen functional groups attached to an aromatic ring is 1. The van der Waals surface area contributed by atoms with Crippen LogP contribution in [0.25, 0.3) is 22.0 Å². The van der Waals surface area contributed by atoms with Gasteiger partial charge in [-0.3, -0.25) is 4.90 Å². The molecule has 2 fully saturated rings. The standard InChI is InChI=1S/C25H31N5O/c26-25-28-23-11-10-18(16-22(23)24(29-25)27-20-7-2-1-3-8-20)21-9-5-4-6-19(21)17-30-12-14-31-15-13-30/h4-6,9-11,16,20H,1-3,7-8,12-15,17H2,(H3,26,27,28,29). The van der Waals surface area contributed by atoms with Crippen molar-refractivity contribution in [2.24, 2.45) is 0 Å². The Hall–Kier alpha value is -2.70. The molecule has 0 bridgehead atoms. The zero-order valence-electron chi connectivity index (χ0n) is 18.0. The van der Waals surface area contributed by atoms with E-state index in [4.69, 9.17) is 10.5 Å². The monoisotopic (exact) mass is 417 g/mol. The Kier molecular flexibility index (Phi) is 6.00. The highest BCUT2D eigenvalue weighted by Crippen LogP contribution is 2.32. The molecular formula is C25H31N5O. The molecule has 1 saturated carbocycles. The molecule has 3 aromatic rings. The van der Waals surface area contributed by atoms with Gasteiger partial charge in [0.05, 0.1) is 18.7 Å². The quantitative estimate of drug-likeness (QED) is 0.638. The van der Waals surface area contributed by atoms with Crippen LogP contribution in [-0.2, 0) is 11.3 Å². The number of fused-ring (bicyclic) bond motifs is 1. The number of anilines is 2. The molecule has 0 atom stereocenters. The third-order valence-electron chi connectivity index (χ3n) is 6.49. The van der Waals surface area contributed by atoms with Crippen molar-refractivity contribution >= 4 is 22.7 Å². The zero-order chi connectivity index (χ0) is 21.0. The SMILES string of the molecule is Nc1nc(NC2CCCCC2)c2cc(-c3ccccc3CN3CCOCC3)ccc2n1. The number of nitrogens with zero attached hydrogens (tertiary/aromatic N) is 3. The van der Waals surface area contributed by atoms with E-state index in [2.05, 4.69) is 62.6 Å². The number of benzene rings is 2. The van der Waals surface area contributed by atoms with Crippen LogP contribution < -0.4 is 11.1 Å². The lowest BCUT2D eigenvalue weighted by atomic mass is 9.95. The fraction of sp³-hybridized carbons (Fsp3) is 0.440. The number of nitrogens with two attached hydrogens (primary N) is 1. The van der Waals surface area contributed by atoms with Crippen LogP contribution in [0.1, 0.15) is 37.7 Å². The van der Waals surface area contributed by atoms with Crippen LogP contribution >= 0.6 is 0 Å². The van der Waals surface area contributed by atoms with Gasteiger partial charge in [0.25, 0.3) is 0 Å². The van der Waals surface area contributed by atoms with Crippen molar-refractivity contribution in [2.45, 2.75) is 44.7 Å². The Morgan fingerprint density at radius 2 is 1.81 bits per heavy atom. The second-order valence-corrected chi connectivity index (χ2v) is 8.69. The molecule has 2 aromatic carbocycles. The van der Waals surface area contributed by atoms with Gasteiger partial charge in [-0.2, -0.15) is 4.98 Å². The summed E-state index contributed by atoms with van der Waals surface area (Å²) in [5, 5.41) is 4.71. The maximum atomic E-state index is 6.03. The van der Waals surface area contributed by atoms with Crippen LogP contribution in [0.2, 0.25) is 0 Å². The molecule has 0 spiro atoms. The smallest absolute Gasteiger partial charge is 0.222 e. The molecule has 2 aliphatic rings. The summed E-state index contributed by atoms with van der Waals surface area (Å²) < 4.78 is 5.51. The molecule has 5 rings (SSSR count). The molecule has 3 N–H and O–H groups in total. The lowest BCUT2D eigenvalue weighted by Crippen LogP contribution is -2.35. The zero-order valence-corrected chi connectivity index (χ0v) is 18.0. The van der Waals surface area contributed by atoms with Crippen LogP contribution in [0, 0.1) is 0 Å². The number of aromatic nitrogens is 2. The molecule has 162 valence electrons. The molecule has 0 amide bonds. The van der Waals surface area contributed by atoms with Gasteiger partial charge in [-0.25, -0.2) is 4.98 Å². The molecule has 31 heavy (non-hydrogen) atoms. The largest absolute Gasteiger partial charge is 0.379 e. The van der Waals surface area contributed by atoms with Gasteiger partial charge in [0.15, 0.2) is 0 Å². The van der Waals surface area contributed by atoms with E-state index in [1.54, 1.807) is 0 Å². The van der Waals surface area contributed by atoms with Crippen LogP contribution in [0.5, 0.6) is 0 Å². The number of hydrogen-bond acceptors (Lipinski definition) is 6. The van der Waals surface area contributed by atoms with Gasteiger partial charge in [-0.15, -0.1) is 0 Å². The topological polar surface area (TPSA) is 76.3 Å². The van der Waals surface area contributed by atoms with E-state index in [0.717, 1.165) is 49.6 Å². The maximum Gasteiger partial charge on any atom is 0.222 e. The number of morpholine rings is 1. The van der Waals surface area contributed by atoms with Gasteiger partial charge in [0.2, 0.25) is 5.95 Å². The van der Waals surface area contributed by atoms with Gasteiger partial charge in [0.1, 0.15) is 5.82 Å². The van der Waals surface area contributed by atoms with Gasteiger partial charge in [0, 0.05) is 31.1 Å². The van der Waals surface area contributed by atoms with E-state index in [1.807, 2.05) is 0 Å². The Balaban J connectivity index is 1.49. The molecule has 0 unspecified atom stereocenters. The van der Waals surface area contributed by atoms with Crippen molar-refractivity contribution in [3.8, 4) is 11.1 Å². The van der Waals surface area contributed by atoms with Gasteiger partial charge < -0.3 is 15.8 Å². The summed E-state index contributed by atoms with van der Waals surface area (Å²) >= 11 is 0. The van der Waals surface area contributed by atoms with Crippen molar-refractivity contribution < 1.29 is 4.74 Å². The fourth-order valence-corrected chi connectivity index (χ4v) is 4.80. The Labute approximate surface area is 183 Å². The summed E-state index contributed by atoms with van der Waals surface area (Å²) in [6.07, 6.45) is 6.25. The highest BCUT2D eigenvalue weighted by atomic mass is 16.5. The predicted molar refractivity (Wildman–Crippen MR) is 126 cm³/mol. The second-order valence-electron chi connectivity index (χ2n) is 8.69. The van der Waals surface area contributed by atoms with E-state index in [9.17, 15) is 0 Å². The molecule has 1 aliphatic carbocycles. The fourth-order valence-electron chi connectivity index (χ4n) is 4.80. The summed E-state index contributed by atoms with van der Waals surface area (Å²) in [5.74, 6) is 1.19. The first-order valence-electron chi connectivity index (χ1n) is 11.5. The third-order valence-corrected chi connectivity index (χ3v) is 6.49.